The van der Waals surface area contributed by atoms with Crippen molar-refractivity contribution in [2.45, 2.75) is 33.6 Å². The summed E-state index contributed by atoms with van der Waals surface area (Å²) in [7, 11) is 0. The van der Waals surface area contributed by atoms with E-state index < -0.39 is 0 Å². The molecule has 0 aromatic carbocycles. The number of rotatable bonds is 0. The second-order valence-electron chi connectivity index (χ2n) is 4.25. The first-order valence-electron chi connectivity index (χ1n) is 4.60. The molecule has 0 aromatic rings. The minimum absolute atomic E-state index is 0.259. The highest BCUT2D eigenvalue weighted by molar-refractivity contribution is 6.06. The lowest BCUT2D eigenvalue weighted by Gasteiger charge is -2.23. The van der Waals surface area contributed by atoms with Gasteiger partial charge in [0.15, 0.2) is 0 Å². The van der Waals surface area contributed by atoms with E-state index in [9.17, 15) is 0 Å². The Hall–Kier alpha value is -1.32. The third-order valence-corrected chi connectivity index (χ3v) is 2.69. The van der Waals surface area contributed by atoms with E-state index in [1.807, 2.05) is 26.8 Å². The summed E-state index contributed by atoms with van der Waals surface area (Å²) < 4.78 is 0. The average molecular weight is 196 g/mol. The molecular formula is C10H16N2O2. The van der Waals surface area contributed by atoms with Gasteiger partial charge in [-0.05, 0) is 12.5 Å². The number of hydrogen-bond acceptors (Lipinski definition) is 4. The molecule has 0 fully saturated rings. The zero-order valence-electron chi connectivity index (χ0n) is 8.78. The van der Waals surface area contributed by atoms with E-state index in [0.29, 0.717) is 18.6 Å². The Bertz CT molecular complexity index is 314. The van der Waals surface area contributed by atoms with E-state index in [-0.39, 0.29) is 5.41 Å². The van der Waals surface area contributed by atoms with Crippen LogP contribution >= 0.6 is 0 Å². The molecule has 1 rings (SSSR count). The maximum Gasteiger partial charge on any atom is 0.0830 e. The number of nitrogens with zero attached hydrogens (tertiary/aromatic N) is 2. The van der Waals surface area contributed by atoms with Gasteiger partial charge in [0.2, 0.25) is 0 Å². The van der Waals surface area contributed by atoms with Crippen LogP contribution in [-0.4, -0.2) is 21.8 Å². The first-order chi connectivity index (χ1) is 6.51. The van der Waals surface area contributed by atoms with E-state index in [4.69, 9.17) is 10.4 Å². The van der Waals surface area contributed by atoms with E-state index in [2.05, 4.69) is 10.3 Å². The van der Waals surface area contributed by atoms with Crippen molar-refractivity contribution in [1.29, 1.82) is 0 Å². The van der Waals surface area contributed by atoms with Crippen molar-refractivity contribution in [2.75, 3.05) is 0 Å². The molecule has 0 bridgehead atoms. The summed E-state index contributed by atoms with van der Waals surface area (Å²) in [5, 5.41) is 24.2. The minimum Gasteiger partial charge on any atom is -0.411 e. The van der Waals surface area contributed by atoms with Crippen LogP contribution in [0.3, 0.4) is 0 Å². The van der Waals surface area contributed by atoms with Crippen LogP contribution in [0.2, 0.25) is 0 Å². The monoisotopic (exact) mass is 196 g/mol. The molecule has 1 aliphatic carbocycles. The predicted octanol–water partition coefficient (Wildman–Crippen LogP) is 2.41. The van der Waals surface area contributed by atoms with Crippen LogP contribution < -0.4 is 0 Å². The van der Waals surface area contributed by atoms with Gasteiger partial charge in [-0.3, -0.25) is 0 Å². The molecule has 14 heavy (non-hydrogen) atoms. The van der Waals surface area contributed by atoms with Crippen molar-refractivity contribution in [2.24, 2.45) is 15.7 Å². The highest BCUT2D eigenvalue weighted by Gasteiger charge is 2.30. The van der Waals surface area contributed by atoms with Crippen LogP contribution in [-0.2, 0) is 0 Å². The second kappa shape index (κ2) is 3.82. The third-order valence-electron chi connectivity index (χ3n) is 2.69. The fourth-order valence-corrected chi connectivity index (χ4v) is 1.59. The van der Waals surface area contributed by atoms with Crippen LogP contribution in [0.4, 0.5) is 0 Å². The van der Waals surface area contributed by atoms with Gasteiger partial charge in [-0.1, -0.05) is 30.2 Å². The van der Waals surface area contributed by atoms with Crippen LogP contribution in [0.25, 0.3) is 0 Å². The molecule has 0 unspecified atom stereocenters. The van der Waals surface area contributed by atoms with Crippen molar-refractivity contribution in [1.82, 2.24) is 0 Å². The van der Waals surface area contributed by atoms with Gasteiger partial charge in [-0.25, -0.2) is 0 Å². The van der Waals surface area contributed by atoms with Gasteiger partial charge in [0.05, 0.1) is 11.4 Å². The van der Waals surface area contributed by atoms with Crippen molar-refractivity contribution in [3.63, 3.8) is 0 Å². The Morgan fingerprint density at radius 2 is 1.93 bits per heavy atom. The molecule has 4 heteroatoms. The first-order valence-corrected chi connectivity index (χ1v) is 4.60. The minimum atomic E-state index is -0.259. The first kappa shape index (κ1) is 10.8. The zero-order chi connectivity index (χ0) is 10.8. The summed E-state index contributed by atoms with van der Waals surface area (Å²) in [6, 6.07) is 0. The van der Waals surface area contributed by atoms with Crippen LogP contribution in [0.1, 0.15) is 33.6 Å². The molecule has 0 atom stereocenters. The van der Waals surface area contributed by atoms with Crippen LogP contribution in [0, 0.1) is 5.41 Å². The molecule has 0 spiro atoms. The molecule has 0 saturated carbocycles. The molecule has 0 heterocycles. The maximum absolute atomic E-state index is 8.85. The van der Waals surface area contributed by atoms with Gasteiger partial charge in [0, 0.05) is 18.3 Å². The molecule has 0 radical (unpaired) electrons. The fourth-order valence-electron chi connectivity index (χ4n) is 1.59. The van der Waals surface area contributed by atoms with Gasteiger partial charge in [-0.2, -0.15) is 0 Å². The van der Waals surface area contributed by atoms with Gasteiger partial charge in [0.25, 0.3) is 0 Å². The quantitative estimate of drug-likeness (QED) is 0.461. The number of hydrogen-bond donors (Lipinski definition) is 2. The standard InChI is InChI=1S/C10H16N2O2/c1-7-4-5-9(12-14)10(2,3)6-8(7)11-13/h4,13-14H,5-6H2,1-3H3/b11-8+,12-9+. The normalized spacial score (nSPS) is 27.5. The van der Waals surface area contributed by atoms with Gasteiger partial charge in [0.1, 0.15) is 0 Å². The Kier molecular flexibility index (Phi) is 2.93. The summed E-state index contributed by atoms with van der Waals surface area (Å²) in [5.41, 5.74) is 2.06. The number of allylic oxidation sites excluding steroid dienone is 2. The summed E-state index contributed by atoms with van der Waals surface area (Å²) in [6.07, 6.45) is 3.11. The molecule has 0 aliphatic heterocycles. The lowest BCUT2D eigenvalue weighted by molar-refractivity contribution is 0.305. The Morgan fingerprint density at radius 3 is 2.43 bits per heavy atom. The molecule has 78 valence electrons. The topological polar surface area (TPSA) is 65.2 Å². The van der Waals surface area contributed by atoms with Gasteiger partial charge >= 0.3 is 0 Å². The Balaban J connectivity index is 3.08. The lowest BCUT2D eigenvalue weighted by atomic mass is 9.82. The fraction of sp³-hybridized carbons (Fsp3) is 0.600. The van der Waals surface area contributed by atoms with Crippen molar-refractivity contribution in [3.05, 3.63) is 11.6 Å². The zero-order valence-corrected chi connectivity index (χ0v) is 8.78. The van der Waals surface area contributed by atoms with Crippen LogP contribution in [0.15, 0.2) is 22.0 Å². The van der Waals surface area contributed by atoms with E-state index in [1.165, 1.54) is 0 Å². The lowest BCUT2D eigenvalue weighted by Crippen LogP contribution is -2.25. The summed E-state index contributed by atoms with van der Waals surface area (Å²) in [6.45, 7) is 5.84. The third kappa shape index (κ3) is 1.95. The predicted molar refractivity (Wildman–Crippen MR) is 55.2 cm³/mol. The number of oxime groups is 2. The van der Waals surface area contributed by atoms with E-state index in [0.717, 1.165) is 11.3 Å². The van der Waals surface area contributed by atoms with Crippen molar-refractivity contribution >= 4 is 11.4 Å². The average Bonchev–Trinajstić information content (AvgIpc) is 2.23. The highest BCUT2D eigenvalue weighted by Crippen LogP contribution is 2.30. The van der Waals surface area contributed by atoms with E-state index in [1.54, 1.807) is 0 Å². The van der Waals surface area contributed by atoms with Crippen LogP contribution in [0.5, 0.6) is 0 Å². The smallest absolute Gasteiger partial charge is 0.0830 e. The molecule has 0 aromatic heterocycles. The maximum atomic E-state index is 8.85. The molecule has 0 amide bonds. The highest BCUT2D eigenvalue weighted by atomic mass is 16.4. The summed E-state index contributed by atoms with van der Waals surface area (Å²) in [4.78, 5) is 0. The molecule has 2 N–H and O–H groups in total. The summed E-state index contributed by atoms with van der Waals surface area (Å²) >= 11 is 0. The Labute approximate surface area is 83.6 Å². The molecule has 0 saturated heterocycles. The Morgan fingerprint density at radius 1 is 1.29 bits per heavy atom. The van der Waals surface area contributed by atoms with Crippen molar-refractivity contribution in [3.8, 4) is 0 Å². The SMILES string of the molecule is CC1=CC/C(=N\O)C(C)(C)C/C1=N\O. The molecule has 1 aliphatic rings. The van der Waals surface area contributed by atoms with Crippen molar-refractivity contribution < 1.29 is 10.4 Å². The molecular weight excluding hydrogens is 180 g/mol. The second-order valence-corrected chi connectivity index (χ2v) is 4.25. The summed E-state index contributed by atoms with van der Waals surface area (Å²) in [5.74, 6) is 0. The van der Waals surface area contributed by atoms with Gasteiger partial charge in [-0.15, -0.1) is 0 Å². The molecule has 4 nitrogen and oxygen atoms in total. The van der Waals surface area contributed by atoms with Gasteiger partial charge < -0.3 is 10.4 Å². The van der Waals surface area contributed by atoms with E-state index >= 15 is 0 Å². The largest absolute Gasteiger partial charge is 0.411 e.